The van der Waals surface area contributed by atoms with Gasteiger partial charge in [0.15, 0.2) is 0 Å². The van der Waals surface area contributed by atoms with Crippen LogP contribution in [0.1, 0.15) is 6.42 Å². The van der Waals surface area contributed by atoms with Gasteiger partial charge in [-0.1, -0.05) is 0 Å². The SMILES string of the molecule is O=P(O)(O)O.OC1CCNC1. The number of nitrogens with one attached hydrogen (secondary N) is 1. The van der Waals surface area contributed by atoms with Crippen molar-refractivity contribution in [2.75, 3.05) is 13.1 Å². The van der Waals surface area contributed by atoms with Crippen LogP contribution in [0.4, 0.5) is 0 Å². The molecule has 1 aliphatic rings. The summed E-state index contributed by atoms with van der Waals surface area (Å²) in [6, 6.07) is 0. The normalized spacial score (nSPS) is 24.2. The number of β-amino-alcohol motifs (C(OH)–C–C–N with tert-alkyl or cyclic N) is 1. The van der Waals surface area contributed by atoms with Gasteiger partial charge in [-0.05, 0) is 13.0 Å². The summed E-state index contributed by atoms with van der Waals surface area (Å²) in [5.74, 6) is 0. The minimum absolute atomic E-state index is 0.0648. The third-order valence-electron chi connectivity index (χ3n) is 1.03. The molecule has 1 saturated heterocycles. The first-order valence-electron chi connectivity index (χ1n) is 3.06. The summed E-state index contributed by atoms with van der Waals surface area (Å²) < 4.78 is 8.88. The van der Waals surface area contributed by atoms with E-state index in [0.29, 0.717) is 0 Å². The Morgan fingerprint density at radius 1 is 1.36 bits per heavy atom. The summed E-state index contributed by atoms with van der Waals surface area (Å²) in [4.78, 5) is 21.6. The van der Waals surface area contributed by atoms with Crippen LogP contribution >= 0.6 is 7.82 Å². The van der Waals surface area contributed by atoms with Crippen LogP contribution in [0.5, 0.6) is 0 Å². The fourth-order valence-corrected chi connectivity index (χ4v) is 0.639. The van der Waals surface area contributed by atoms with Gasteiger partial charge >= 0.3 is 7.82 Å². The standard InChI is InChI=1S/C4H9NO.H3O4P/c6-4-1-2-5-3-4;1-5(2,3)4/h4-6H,1-3H2;(H3,1,2,3,4). The first-order valence-corrected chi connectivity index (χ1v) is 4.63. The van der Waals surface area contributed by atoms with Gasteiger partial charge in [-0.3, -0.25) is 0 Å². The van der Waals surface area contributed by atoms with Gasteiger partial charge in [0.2, 0.25) is 0 Å². The largest absolute Gasteiger partial charge is 0.466 e. The summed E-state index contributed by atoms with van der Waals surface area (Å²) in [7, 11) is -4.64. The minimum Gasteiger partial charge on any atom is -0.392 e. The van der Waals surface area contributed by atoms with Crippen molar-refractivity contribution in [3.8, 4) is 0 Å². The van der Waals surface area contributed by atoms with Crippen LogP contribution in [-0.4, -0.2) is 39.0 Å². The van der Waals surface area contributed by atoms with Gasteiger partial charge in [0.1, 0.15) is 0 Å². The average molecular weight is 185 g/mol. The number of hydrogen-bond acceptors (Lipinski definition) is 3. The van der Waals surface area contributed by atoms with Crippen molar-refractivity contribution in [2.24, 2.45) is 0 Å². The number of rotatable bonds is 0. The maximum absolute atomic E-state index is 8.88. The van der Waals surface area contributed by atoms with E-state index in [1.54, 1.807) is 0 Å². The lowest BCUT2D eigenvalue weighted by Gasteiger charge is -1.90. The van der Waals surface area contributed by atoms with E-state index in [2.05, 4.69) is 5.32 Å². The van der Waals surface area contributed by atoms with E-state index in [4.69, 9.17) is 24.4 Å². The monoisotopic (exact) mass is 185 g/mol. The number of aliphatic hydroxyl groups is 1. The van der Waals surface area contributed by atoms with Gasteiger partial charge in [-0.25, -0.2) is 4.57 Å². The number of phosphoric acid groups is 1. The van der Waals surface area contributed by atoms with Crippen LogP contribution in [-0.2, 0) is 4.57 Å². The molecule has 1 aliphatic heterocycles. The molecular weight excluding hydrogens is 173 g/mol. The van der Waals surface area contributed by atoms with Gasteiger partial charge < -0.3 is 25.1 Å². The van der Waals surface area contributed by atoms with Crippen molar-refractivity contribution in [1.29, 1.82) is 0 Å². The Balaban J connectivity index is 0.000000187. The fraction of sp³-hybridized carbons (Fsp3) is 1.00. The Hall–Kier alpha value is 0.0300. The molecule has 11 heavy (non-hydrogen) atoms. The zero-order chi connectivity index (χ0) is 8.91. The first-order chi connectivity index (χ1) is 4.89. The predicted molar refractivity (Wildman–Crippen MR) is 37.8 cm³/mol. The topological polar surface area (TPSA) is 110 Å². The molecule has 0 saturated carbocycles. The van der Waals surface area contributed by atoms with Crippen molar-refractivity contribution in [1.82, 2.24) is 5.32 Å². The molecule has 6 nitrogen and oxygen atoms in total. The fourth-order valence-electron chi connectivity index (χ4n) is 0.639. The quantitative estimate of drug-likeness (QED) is 0.291. The summed E-state index contributed by atoms with van der Waals surface area (Å²) in [6.45, 7) is 1.78. The van der Waals surface area contributed by atoms with Crippen LogP contribution in [0.25, 0.3) is 0 Å². The van der Waals surface area contributed by atoms with Gasteiger partial charge in [-0.15, -0.1) is 0 Å². The molecule has 0 aromatic heterocycles. The molecule has 1 unspecified atom stereocenters. The van der Waals surface area contributed by atoms with Crippen molar-refractivity contribution in [3.63, 3.8) is 0 Å². The summed E-state index contributed by atoms with van der Waals surface area (Å²) in [6.07, 6.45) is 0.866. The highest BCUT2D eigenvalue weighted by molar-refractivity contribution is 7.45. The lowest BCUT2D eigenvalue weighted by molar-refractivity contribution is 0.196. The Kier molecular flexibility index (Phi) is 4.83. The first kappa shape index (κ1) is 11.0. The molecular formula is C4H12NO5P. The van der Waals surface area contributed by atoms with E-state index < -0.39 is 7.82 Å². The zero-order valence-electron chi connectivity index (χ0n) is 5.84. The van der Waals surface area contributed by atoms with E-state index in [1.165, 1.54) is 0 Å². The van der Waals surface area contributed by atoms with Crippen molar-refractivity contribution in [3.05, 3.63) is 0 Å². The Labute approximate surface area is 64.1 Å². The molecule has 1 heterocycles. The highest BCUT2D eigenvalue weighted by atomic mass is 31.2. The van der Waals surface area contributed by atoms with Crippen LogP contribution in [0.3, 0.4) is 0 Å². The lowest BCUT2D eigenvalue weighted by Crippen LogP contribution is -2.11. The molecule has 7 heteroatoms. The van der Waals surface area contributed by atoms with E-state index in [1.807, 2.05) is 0 Å². The molecule has 0 aromatic carbocycles. The molecule has 0 aromatic rings. The maximum Gasteiger partial charge on any atom is 0.466 e. The molecule has 1 fully saturated rings. The molecule has 0 aliphatic carbocycles. The molecule has 0 amide bonds. The highest BCUT2D eigenvalue weighted by Crippen LogP contribution is 2.25. The van der Waals surface area contributed by atoms with Crippen LogP contribution < -0.4 is 5.32 Å². The van der Waals surface area contributed by atoms with E-state index >= 15 is 0 Å². The second-order valence-corrected chi connectivity index (χ2v) is 3.19. The Morgan fingerprint density at radius 2 is 1.82 bits per heavy atom. The summed E-state index contributed by atoms with van der Waals surface area (Å²) in [5, 5.41) is 11.7. The van der Waals surface area contributed by atoms with Crippen molar-refractivity contribution in [2.45, 2.75) is 12.5 Å². The zero-order valence-corrected chi connectivity index (χ0v) is 6.74. The summed E-state index contributed by atoms with van der Waals surface area (Å²) in [5.41, 5.74) is 0. The molecule has 1 atom stereocenters. The second kappa shape index (κ2) is 4.82. The lowest BCUT2D eigenvalue weighted by atomic mass is 10.3. The predicted octanol–water partition coefficient (Wildman–Crippen LogP) is -1.59. The van der Waals surface area contributed by atoms with E-state index in [9.17, 15) is 0 Å². The van der Waals surface area contributed by atoms with Gasteiger partial charge in [-0.2, -0.15) is 0 Å². The van der Waals surface area contributed by atoms with Gasteiger partial charge in [0.05, 0.1) is 6.10 Å². The van der Waals surface area contributed by atoms with Crippen LogP contribution in [0.2, 0.25) is 0 Å². The smallest absolute Gasteiger partial charge is 0.392 e. The van der Waals surface area contributed by atoms with Gasteiger partial charge in [0, 0.05) is 6.54 Å². The molecule has 68 valence electrons. The average Bonchev–Trinajstić information content (AvgIpc) is 2.12. The summed E-state index contributed by atoms with van der Waals surface area (Å²) >= 11 is 0. The van der Waals surface area contributed by atoms with E-state index in [0.717, 1.165) is 19.5 Å². The molecule has 0 bridgehead atoms. The Bertz CT molecular complexity index is 131. The van der Waals surface area contributed by atoms with E-state index in [-0.39, 0.29) is 6.10 Å². The highest BCUT2D eigenvalue weighted by Gasteiger charge is 2.08. The third-order valence-corrected chi connectivity index (χ3v) is 1.03. The second-order valence-electron chi connectivity index (χ2n) is 2.16. The van der Waals surface area contributed by atoms with Crippen molar-refractivity contribution >= 4 is 7.82 Å². The Morgan fingerprint density at radius 3 is 1.91 bits per heavy atom. The van der Waals surface area contributed by atoms with Gasteiger partial charge in [0.25, 0.3) is 0 Å². The molecule has 0 radical (unpaired) electrons. The van der Waals surface area contributed by atoms with Crippen LogP contribution in [0.15, 0.2) is 0 Å². The molecule has 5 N–H and O–H groups in total. The molecule has 1 rings (SSSR count). The number of aliphatic hydroxyl groups excluding tert-OH is 1. The third kappa shape index (κ3) is 13.1. The van der Waals surface area contributed by atoms with Crippen LogP contribution in [0, 0.1) is 0 Å². The van der Waals surface area contributed by atoms with Crippen molar-refractivity contribution < 1.29 is 24.4 Å². The maximum atomic E-state index is 8.88. The minimum atomic E-state index is -4.64. The number of hydrogen-bond donors (Lipinski definition) is 5. The molecule has 0 spiro atoms.